The van der Waals surface area contributed by atoms with Crippen molar-refractivity contribution in [3.63, 3.8) is 0 Å². The number of methoxy groups -OCH3 is 1. The van der Waals surface area contributed by atoms with Gasteiger partial charge in [0.25, 0.3) is 5.91 Å². The number of nitro benzene ring substituents is 1. The van der Waals surface area contributed by atoms with Crippen LogP contribution in [0.3, 0.4) is 0 Å². The van der Waals surface area contributed by atoms with Crippen molar-refractivity contribution >= 4 is 23.5 Å². The summed E-state index contributed by atoms with van der Waals surface area (Å²) in [5.74, 6) is -0.185. The second-order valence-electron chi connectivity index (χ2n) is 6.52. The van der Waals surface area contributed by atoms with Crippen LogP contribution in [-0.4, -0.2) is 30.8 Å². The minimum atomic E-state index is -0.537. The number of unbranched alkanes of at least 4 members (excludes halogenated alkanes) is 3. The highest BCUT2D eigenvalue weighted by molar-refractivity contribution is 5.99. The highest BCUT2D eigenvalue weighted by Crippen LogP contribution is 2.38. The quantitative estimate of drug-likeness (QED) is 0.189. The molecule has 0 unspecified atom stereocenters. The zero-order valence-electron chi connectivity index (χ0n) is 17.1. The van der Waals surface area contributed by atoms with Crippen LogP contribution in [-0.2, 0) is 0 Å². The van der Waals surface area contributed by atoms with Gasteiger partial charge >= 0.3 is 5.69 Å². The van der Waals surface area contributed by atoms with E-state index in [0.717, 1.165) is 25.7 Å². The van der Waals surface area contributed by atoms with E-state index in [0.29, 0.717) is 17.9 Å². The number of para-hydroxylation sites is 1. The highest BCUT2D eigenvalue weighted by atomic mass is 16.6. The second-order valence-corrected chi connectivity index (χ2v) is 6.52. The van der Waals surface area contributed by atoms with Crippen LogP contribution in [0.4, 0.5) is 11.4 Å². The molecule has 1 amide bonds. The first-order valence-electron chi connectivity index (χ1n) is 9.65. The van der Waals surface area contributed by atoms with Crippen molar-refractivity contribution < 1.29 is 19.2 Å². The number of rotatable bonds is 11. The van der Waals surface area contributed by atoms with Crippen molar-refractivity contribution in [3.8, 4) is 11.5 Å². The third-order valence-electron chi connectivity index (χ3n) is 4.30. The first kappa shape index (κ1) is 22.7. The van der Waals surface area contributed by atoms with Gasteiger partial charge in [-0.1, -0.05) is 38.3 Å². The molecule has 0 radical (unpaired) electrons. The Morgan fingerprint density at radius 1 is 1.27 bits per heavy atom. The number of nitrogens with one attached hydrogen (secondary N) is 1. The third-order valence-corrected chi connectivity index (χ3v) is 4.30. The van der Waals surface area contributed by atoms with E-state index in [1.54, 1.807) is 30.3 Å². The Bertz CT molecular complexity index is 914. The lowest BCUT2D eigenvalue weighted by molar-refractivity contribution is -0.386. The molecule has 0 aliphatic carbocycles. The minimum Gasteiger partial charge on any atom is -0.493 e. The molecule has 0 bridgehead atoms. The summed E-state index contributed by atoms with van der Waals surface area (Å²) in [6.07, 6.45) is 5.25. The van der Waals surface area contributed by atoms with Gasteiger partial charge in [0.1, 0.15) is 0 Å². The Balaban J connectivity index is 2.15. The predicted octanol–water partition coefficient (Wildman–Crippen LogP) is 3.91. The number of nitro groups is 1. The monoisotopic (exact) mass is 414 g/mol. The molecule has 0 heterocycles. The molecular formula is C21H26N4O5. The molecule has 2 rings (SSSR count). The molecule has 160 valence electrons. The number of hydrazone groups is 1. The number of anilines is 1. The number of carbonyl (C=O) groups is 1. The molecule has 0 aliphatic rings. The van der Waals surface area contributed by atoms with Gasteiger partial charge in [-0.15, -0.1) is 0 Å². The Hall–Kier alpha value is -3.62. The molecule has 2 aromatic rings. The van der Waals surface area contributed by atoms with E-state index >= 15 is 0 Å². The van der Waals surface area contributed by atoms with Crippen LogP contribution in [0.25, 0.3) is 0 Å². The molecule has 30 heavy (non-hydrogen) atoms. The zero-order chi connectivity index (χ0) is 21.9. The van der Waals surface area contributed by atoms with Gasteiger partial charge in [-0.05, 0) is 24.6 Å². The molecule has 0 saturated carbocycles. The molecule has 9 nitrogen and oxygen atoms in total. The Morgan fingerprint density at radius 2 is 2.03 bits per heavy atom. The molecule has 3 N–H and O–H groups in total. The summed E-state index contributed by atoms with van der Waals surface area (Å²) >= 11 is 0. The lowest BCUT2D eigenvalue weighted by Crippen LogP contribution is -2.19. The number of nitrogens with zero attached hydrogens (tertiary/aromatic N) is 2. The molecule has 9 heteroatoms. The first-order chi connectivity index (χ1) is 14.5. The molecule has 0 fully saturated rings. The summed E-state index contributed by atoms with van der Waals surface area (Å²) in [4.78, 5) is 23.1. The van der Waals surface area contributed by atoms with Gasteiger partial charge in [-0.25, -0.2) is 5.43 Å². The second kappa shape index (κ2) is 11.4. The van der Waals surface area contributed by atoms with E-state index < -0.39 is 10.8 Å². The van der Waals surface area contributed by atoms with Gasteiger partial charge in [0.2, 0.25) is 5.75 Å². The number of benzene rings is 2. The lowest BCUT2D eigenvalue weighted by Gasteiger charge is -2.12. The van der Waals surface area contributed by atoms with E-state index in [4.69, 9.17) is 15.2 Å². The van der Waals surface area contributed by atoms with Crippen LogP contribution in [0.5, 0.6) is 11.5 Å². The fourth-order valence-corrected chi connectivity index (χ4v) is 2.75. The van der Waals surface area contributed by atoms with Crippen molar-refractivity contribution in [2.24, 2.45) is 5.10 Å². The number of ether oxygens (including phenoxy) is 2. The number of nitrogen functional groups attached to an aromatic ring is 1. The lowest BCUT2D eigenvalue weighted by atomic mass is 10.1. The van der Waals surface area contributed by atoms with Gasteiger partial charge < -0.3 is 15.2 Å². The fourth-order valence-electron chi connectivity index (χ4n) is 2.75. The van der Waals surface area contributed by atoms with Gasteiger partial charge in [-0.2, -0.15) is 5.10 Å². The molecule has 0 spiro atoms. The number of hydrogen-bond donors (Lipinski definition) is 2. The van der Waals surface area contributed by atoms with Crippen LogP contribution < -0.4 is 20.6 Å². The van der Waals surface area contributed by atoms with E-state index in [1.807, 2.05) is 0 Å². The van der Waals surface area contributed by atoms with Crippen molar-refractivity contribution in [1.82, 2.24) is 5.43 Å². The zero-order valence-corrected chi connectivity index (χ0v) is 17.1. The van der Waals surface area contributed by atoms with Gasteiger partial charge in [0.05, 0.1) is 30.4 Å². The van der Waals surface area contributed by atoms with Gasteiger partial charge in [0.15, 0.2) is 5.75 Å². The third kappa shape index (κ3) is 6.20. The molecular weight excluding hydrogens is 388 g/mol. The molecule has 0 aliphatic heterocycles. The van der Waals surface area contributed by atoms with Crippen molar-refractivity contribution in [2.75, 3.05) is 19.5 Å². The summed E-state index contributed by atoms with van der Waals surface area (Å²) in [5, 5.41) is 15.4. The van der Waals surface area contributed by atoms with Gasteiger partial charge in [0, 0.05) is 17.3 Å². The number of nitrogens with two attached hydrogens (primary N) is 1. The number of carbonyl (C=O) groups excluding carboxylic acids is 1. The maximum absolute atomic E-state index is 12.1. The van der Waals surface area contributed by atoms with Crippen molar-refractivity contribution in [1.29, 1.82) is 0 Å². The Morgan fingerprint density at radius 3 is 2.70 bits per heavy atom. The van der Waals surface area contributed by atoms with Gasteiger partial charge in [-0.3, -0.25) is 14.9 Å². The van der Waals surface area contributed by atoms with Crippen molar-refractivity contribution in [3.05, 3.63) is 57.6 Å². The van der Waals surface area contributed by atoms with Crippen LogP contribution in [0, 0.1) is 10.1 Å². The summed E-state index contributed by atoms with van der Waals surface area (Å²) in [6, 6.07) is 9.45. The SMILES string of the molecule is CCCCCCOc1c(OC)cc(/C=N\NC(=O)c2ccccc2N)cc1[N+](=O)[O-]. The predicted molar refractivity (Wildman–Crippen MR) is 115 cm³/mol. The fraction of sp³-hybridized carbons (Fsp3) is 0.333. The Kier molecular flexibility index (Phi) is 8.61. The first-order valence-corrected chi connectivity index (χ1v) is 9.65. The number of hydrogen-bond acceptors (Lipinski definition) is 7. The average Bonchev–Trinajstić information content (AvgIpc) is 2.73. The standard InChI is InChI=1S/C21H26N4O5/c1-3-4-5-8-11-30-20-18(25(27)28)12-15(13-19(20)29-2)14-23-24-21(26)16-9-6-7-10-17(16)22/h6-7,9-10,12-14H,3-5,8,11,22H2,1-2H3,(H,24,26)/b23-14-. The minimum absolute atomic E-state index is 0.0808. The van der Waals surface area contributed by atoms with E-state index in [2.05, 4.69) is 17.5 Å². The maximum Gasteiger partial charge on any atom is 0.315 e. The van der Waals surface area contributed by atoms with E-state index in [-0.39, 0.29) is 22.7 Å². The van der Waals surface area contributed by atoms with Crippen molar-refractivity contribution in [2.45, 2.75) is 32.6 Å². The van der Waals surface area contributed by atoms with E-state index in [1.165, 1.54) is 19.4 Å². The summed E-state index contributed by atoms with van der Waals surface area (Å²) in [6.45, 7) is 2.46. The summed E-state index contributed by atoms with van der Waals surface area (Å²) < 4.78 is 10.9. The highest BCUT2D eigenvalue weighted by Gasteiger charge is 2.22. The smallest absolute Gasteiger partial charge is 0.315 e. The van der Waals surface area contributed by atoms with E-state index in [9.17, 15) is 14.9 Å². The average molecular weight is 414 g/mol. The number of amides is 1. The topological polar surface area (TPSA) is 129 Å². The van der Waals surface area contributed by atoms with Crippen LogP contribution in [0.15, 0.2) is 41.5 Å². The normalized spacial score (nSPS) is 10.7. The molecule has 0 atom stereocenters. The maximum atomic E-state index is 12.1. The van der Waals surface area contributed by atoms with Crippen LogP contribution in [0.2, 0.25) is 0 Å². The molecule has 2 aromatic carbocycles. The van der Waals surface area contributed by atoms with Crippen LogP contribution >= 0.6 is 0 Å². The molecule has 0 saturated heterocycles. The Labute approximate surface area is 175 Å². The van der Waals surface area contributed by atoms with Crippen LogP contribution in [0.1, 0.15) is 48.5 Å². The largest absolute Gasteiger partial charge is 0.493 e. The molecule has 0 aromatic heterocycles. The summed E-state index contributed by atoms with van der Waals surface area (Å²) in [5.41, 5.74) is 8.86. The summed E-state index contributed by atoms with van der Waals surface area (Å²) in [7, 11) is 1.41.